The molecule has 0 spiro atoms. The molecule has 37 heavy (non-hydrogen) atoms. The second-order valence-corrected chi connectivity index (χ2v) is 13.2. The Hall–Kier alpha value is -2.21. The third kappa shape index (κ3) is 3.65. The van der Waals surface area contributed by atoms with Gasteiger partial charge in [-0.05, 0) is 79.2 Å². The number of carbonyl (C=O) groups excluding carboxylic acids is 3. The van der Waals surface area contributed by atoms with Crippen LogP contribution in [0.1, 0.15) is 57.9 Å². The highest BCUT2D eigenvalue weighted by molar-refractivity contribution is 6.06. The number of imide groups is 1. The summed E-state index contributed by atoms with van der Waals surface area (Å²) >= 11 is 0. The van der Waals surface area contributed by atoms with E-state index < -0.39 is 0 Å². The van der Waals surface area contributed by atoms with E-state index in [1.165, 1.54) is 12.8 Å². The van der Waals surface area contributed by atoms with Gasteiger partial charge in [-0.3, -0.25) is 19.3 Å². The van der Waals surface area contributed by atoms with Crippen LogP contribution in [0, 0.1) is 47.3 Å². The van der Waals surface area contributed by atoms with Crippen molar-refractivity contribution >= 4 is 23.4 Å². The topological polar surface area (TPSA) is 60.9 Å². The van der Waals surface area contributed by atoms with Gasteiger partial charge in [0.15, 0.2) is 0 Å². The number of rotatable bonds is 5. The monoisotopic (exact) mass is 503 g/mol. The Morgan fingerprint density at radius 2 is 1.43 bits per heavy atom. The normalized spacial score (nSPS) is 39.8. The minimum absolute atomic E-state index is 0.0268. The number of hydrogen-bond donors (Lipinski definition) is 0. The predicted octanol–water partition coefficient (Wildman–Crippen LogP) is 3.98. The van der Waals surface area contributed by atoms with Crippen LogP contribution in [0.15, 0.2) is 24.3 Å². The van der Waals surface area contributed by atoms with Crippen molar-refractivity contribution in [3.8, 4) is 0 Å². The van der Waals surface area contributed by atoms with Crippen LogP contribution in [0.3, 0.4) is 0 Å². The molecule has 3 aliphatic heterocycles. The van der Waals surface area contributed by atoms with Crippen LogP contribution in [0.2, 0.25) is 0 Å². The first-order valence-corrected chi connectivity index (χ1v) is 14.9. The van der Waals surface area contributed by atoms with Crippen LogP contribution in [0.4, 0.5) is 5.69 Å². The molecule has 0 radical (unpaired) electrons. The van der Waals surface area contributed by atoms with Crippen LogP contribution in [-0.4, -0.2) is 59.7 Å². The van der Waals surface area contributed by atoms with Gasteiger partial charge in [0.2, 0.25) is 17.7 Å². The quantitative estimate of drug-likeness (QED) is 0.571. The van der Waals surface area contributed by atoms with Gasteiger partial charge in [-0.15, -0.1) is 0 Å². The van der Waals surface area contributed by atoms with Gasteiger partial charge in [-0.1, -0.05) is 38.5 Å². The molecule has 0 aromatic heterocycles. The SMILES string of the molecule is CC1C(C)C2CC1C1C(=O)N(C[C@H]3CCC[C@@H]3CN3CCC(N4C(=O)Cc5ccccc54)CC3)C(=O)C21. The van der Waals surface area contributed by atoms with E-state index in [9.17, 15) is 14.4 Å². The Balaban J connectivity index is 0.966. The van der Waals surface area contributed by atoms with Crippen molar-refractivity contribution in [2.45, 2.75) is 64.8 Å². The third-order valence-electron chi connectivity index (χ3n) is 11.6. The summed E-state index contributed by atoms with van der Waals surface area (Å²) < 4.78 is 0. The maximum absolute atomic E-state index is 13.5. The molecule has 1 aromatic rings. The van der Waals surface area contributed by atoms with Gasteiger partial charge in [0, 0.05) is 37.9 Å². The van der Waals surface area contributed by atoms with E-state index in [4.69, 9.17) is 0 Å². The molecule has 3 heterocycles. The van der Waals surface area contributed by atoms with Crippen molar-refractivity contribution < 1.29 is 14.4 Å². The maximum atomic E-state index is 13.5. The predicted molar refractivity (Wildman–Crippen MR) is 142 cm³/mol. The Bertz CT molecular complexity index is 1080. The zero-order valence-electron chi connectivity index (χ0n) is 22.4. The highest BCUT2D eigenvalue weighted by Crippen LogP contribution is 2.61. The Labute approximate surface area is 220 Å². The zero-order valence-corrected chi connectivity index (χ0v) is 22.4. The molecule has 6 unspecified atom stereocenters. The second-order valence-electron chi connectivity index (χ2n) is 13.2. The average molecular weight is 504 g/mol. The van der Waals surface area contributed by atoms with Gasteiger partial charge in [-0.25, -0.2) is 0 Å². The summed E-state index contributed by atoms with van der Waals surface area (Å²) in [5.74, 6) is 3.46. The number of piperidine rings is 1. The second kappa shape index (κ2) is 8.93. The summed E-state index contributed by atoms with van der Waals surface area (Å²) in [5.41, 5.74) is 2.28. The number of benzene rings is 1. The first-order valence-electron chi connectivity index (χ1n) is 14.9. The van der Waals surface area contributed by atoms with Crippen molar-refractivity contribution in [2.75, 3.05) is 31.1 Å². The molecule has 7 rings (SSSR count). The lowest BCUT2D eigenvalue weighted by Crippen LogP contribution is -2.48. The fraction of sp³-hybridized carbons (Fsp3) is 0.710. The lowest BCUT2D eigenvalue weighted by Gasteiger charge is -2.38. The van der Waals surface area contributed by atoms with E-state index in [2.05, 4.69) is 35.8 Å². The number of fused-ring (bicyclic) bond motifs is 6. The lowest BCUT2D eigenvalue weighted by molar-refractivity contribution is -0.141. The van der Waals surface area contributed by atoms with Crippen molar-refractivity contribution in [3.63, 3.8) is 0 Å². The summed E-state index contributed by atoms with van der Waals surface area (Å²) in [4.78, 5) is 46.0. The molecule has 1 aromatic carbocycles. The molecule has 6 heteroatoms. The molecular weight excluding hydrogens is 462 g/mol. The smallest absolute Gasteiger partial charge is 0.233 e. The first-order chi connectivity index (χ1) is 17.9. The van der Waals surface area contributed by atoms with Crippen LogP contribution >= 0.6 is 0 Å². The number of amides is 3. The fourth-order valence-corrected chi connectivity index (χ4v) is 9.52. The van der Waals surface area contributed by atoms with Crippen molar-refractivity contribution in [2.24, 2.45) is 47.3 Å². The molecule has 6 aliphatic rings. The van der Waals surface area contributed by atoms with Gasteiger partial charge in [0.05, 0.1) is 18.3 Å². The summed E-state index contributed by atoms with van der Waals surface area (Å²) in [6, 6.07) is 8.53. The van der Waals surface area contributed by atoms with Gasteiger partial charge >= 0.3 is 0 Å². The number of hydrogen-bond acceptors (Lipinski definition) is 4. The largest absolute Gasteiger partial charge is 0.309 e. The minimum atomic E-state index is -0.0268. The van der Waals surface area contributed by atoms with E-state index >= 15 is 0 Å². The van der Waals surface area contributed by atoms with E-state index in [0.29, 0.717) is 54.5 Å². The van der Waals surface area contributed by atoms with Gasteiger partial charge in [0.25, 0.3) is 0 Å². The number of anilines is 1. The molecular formula is C31H41N3O3. The van der Waals surface area contributed by atoms with Crippen molar-refractivity contribution in [1.82, 2.24) is 9.80 Å². The summed E-state index contributed by atoms with van der Waals surface area (Å²) in [7, 11) is 0. The molecule has 198 valence electrons. The molecule has 3 amide bonds. The van der Waals surface area contributed by atoms with Crippen LogP contribution in [0.5, 0.6) is 0 Å². The highest BCUT2D eigenvalue weighted by atomic mass is 16.2. The molecule has 3 saturated carbocycles. The molecule has 2 bridgehead atoms. The van der Waals surface area contributed by atoms with E-state index in [1.807, 2.05) is 12.1 Å². The van der Waals surface area contributed by atoms with Crippen molar-refractivity contribution in [3.05, 3.63) is 29.8 Å². The van der Waals surface area contributed by atoms with Gasteiger partial charge in [0.1, 0.15) is 0 Å². The summed E-state index contributed by atoms with van der Waals surface area (Å²) in [5, 5.41) is 0. The van der Waals surface area contributed by atoms with Crippen LogP contribution < -0.4 is 4.90 Å². The van der Waals surface area contributed by atoms with E-state index in [1.54, 1.807) is 4.90 Å². The average Bonchev–Trinajstić information content (AvgIpc) is 3.68. The minimum Gasteiger partial charge on any atom is -0.309 e. The van der Waals surface area contributed by atoms with Gasteiger partial charge < -0.3 is 9.80 Å². The molecule has 8 atom stereocenters. The lowest BCUT2D eigenvalue weighted by atomic mass is 9.70. The van der Waals surface area contributed by atoms with E-state index in [0.717, 1.165) is 56.6 Å². The molecule has 2 saturated heterocycles. The number of carbonyl (C=O) groups is 3. The molecule has 3 aliphatic carbocycles. The molecule has 0 N–H and O–H groups in total. The number of likely N-dealkylation sites (tertiary alicyclic amines) is 2. The summed E-state index contributed by atoms with van der Waals surface area (Å²) in [6.07, 6.45) is 7.19. The third-order valence-corrected chi connectivity index (χ3v) is 11.6. The standard InChI is InChI=1S/C31H41N3O3/c1-18-19(2)25-15-24(18)28-29(25)31(37)33(30(28)36)17-22-8-5-7-21(22)16-32-12-10-23(11-13-32)34-26-9-4-3-6-20(26)14-27(34)35/h3-4,6,9,18-19,21-25,28-29H,5,7-8,10-17H2,1-2H3/t18?,19?,21-,22-,24?,25?,28?,29?/m1/s1. The Kier molecular flexibility index (Phi) is 5.76. The summed E-state index contributed by atoms with van der Waals surface area (Å²) in [6.45, 7) is 8.33. The van der Waals surface area contributed by atoms with Gasteiger partial charge in [-0.2, -0.15) is 0 Å². The number of nitrogens with zero attached hydrogens (tertiary/aromatic N) is 3. The fourth-order valence-electron chi connectivity index (χ4n) is 9.52. The Morgan fingerprint density at radius 3 is 2.11 bits per heavy atom. The van der Waals surface area contributed by atoms with E-state index in [-0.39, 0.29) is 29.6 Å². The molecule has 5 fully saturated rings. The maximum Gasteiger partial charge on any atom is 0.233 e. The first kappa shape index (κ1) is 23.9. The Morgan fingerprint density at radius 1 is 0.811 bits per heavy atom. The highest BCUT2D eigenvalue weighted by Gasteiger charge is 2.65. The number of para-hydroxylation sites is 1. The zero-order chi connectivity index (χ0) is 25.4. The van der Waals surface area contributed by atoms with Crippen LogP contribution in [-0.2, 0) is 20.8 Å². The van der Waals surface area contributed by atoms with Crippen LogP contribution in [0.25, 0.3) is 0 Å². The molecule has 6 nitrogen and oxygen atoms in total. The van der Waals surface area contributed by atoms with Crippen molar-refractivity contribution in [1.29, 1.82) is 0 Å².